The monoisotopic (exact) mass is 293 g/mol. The van der Waals surface area contributed by atoms with Gasteiger partial charge in [0.2, 0.25) is 0 Å². The smallest absolute Gasteiger partial charge is 0.119 e. The third-order valence-corrected chi connectivity index (χ3v) is 3.28. The third-order valence-electron chi connectivity index (χ3n) is 3.28. The van der Waals surface area contributed by atoms with Gasteiger partial charge in [-0.15, -0.1) is 0 Å². The van der Waals surface area contributed by atoms with Crippen LogP contribution in [0.3, 0.4) is 0 Å². The molecule has 0 aliphatic heterocycles. The summed E-state index contributed by atoms with van der Waals surface area (Å²) in [4.78, 5) is 0. The molecule has 1 atom stereocenters. The zero-order valence-electron chi connectivity index (χ0n) is 14.0. The minimum Gasteiger partial charge on any atom is -0.491 e. The number of benzene rings is 1. The Morgan fingerprint density at radius 2 is 1.76 bits per heavy atom. The Morgan fingerprint density at radius 3 is 2.33 bits per heavy atom. The van der Waals surface area contributed by atoms with E-state index in [9.17, 15) is 0 Å². The van der Waals surface area contributed by atoms with Crippen molar-refractivity contribution in [3.63, 3.8) is 0 Å². The molecule has 0 radical (unpaired) electrons. The van der Waals surface area contributed by atoms with Crippen LogP contribution in [0, 0.1) is 0 Å². The van der Waals surface area contributed by atoms with Crippen LogP contribution < -0.4 is 10.1 Å². The highest BCUT2D eigenvalue weighted by molar-refractivity contribution is 5.29. The lowest BCUT2D eigenvalue weighted by Gasteiger charge is -2.19. The predicted octanol–water partition coefficient (Wildman–Crippen LogP) is 4.33. The van der Waals surface area contributed by atoms with Gasteiger partial charge >= 0.3 is 0 Å². The van der Waals surface area contributed by atoms with E-state index in [4.69, 9.17) is 9.47 Å². The van der Waals surface area contributed by atoms with Gasteiger partial charge in [-0.3, -0.25) is 0 Å². The van der Waals surface area contributed by atoms with Crippen molar-refractivity contribution in [1.82, 2.24) is 5.32 Å². The molecule has 0 aliphatic rings. The SMILES string of the molecule is CCCCCOCC(NCC)c1ccc(OC(C)C)cc1. The summed E-state index contributed by atoms with van der Waals surface area (Å²) in [6.07, 6.45) is 3.84. The molecule has 21 heavy (non-hydrogen) atoms. The lowest BCUT2D eigenvalue weighted by Crippen LogP contribution is -2.25. The molecule has 3 heteroatoms. The zero-order chi connectivity index (χ0) is 15.5. The van der Waals surface area contributed by atoms with E-state index in [1.165, 1.54) is 18.4 Å². The van der Waals surface area contributed by atoms with Crippen molar-refractivity contribution in [2.45, 2.75) is 59.1 Å². The first-order chi connectivity index (χ1) is 10.2. The molecule has 0 amide bonds. The number of rotatable bonds is 11. The first kappa shape index (κ1) is 18.0. The first-order valence-electron chi connectivity index (χ1n) is 8.25. The molecule has 1 aromatic carbocycles. The standard InChI is InChI=1S/C18H31NO2/c1-5-7-8-13-20-14-18(19-6-2)16-9-11-17(12-10-16)21-15(3)4/h9-12,15,18-19H,5-8,13-14H2,1-4H3. The number of hydrogen-bond donors (Lipinski definition) is 1. The second kappa shape index (κ2) is 10.6. The molecule has 0 saturated carbocycles. The van der Waals surface area contributed by atoms with Gasteiger partial charge in [0.25, 0.3) is 0 Å². The van der Waals surface area contributed by atoms with Crippen molar-refractivity contribution in [1.29, 1.82) is 0 Å². The average molecular weight is 293 g/mol. The fourth-order valence-electron chi connectivity index (χ4n) is 2.23. The molecule has 0 saturated heterocycles. The molecule has 1 unspecified atom stereocenters. The van der Waals surface area contributed by atoms with E-state index in [-0.39, 0.29) is 12.1 Å². The van der Waals surface area contributed by atoms with Gasteiger partial charge < -0.3 is 14.8 Å². The zero-order valence-corrected chi connectivity index (χ0v) is 14.0. The maximum absolute atomic E-state index is 5.81. The van der Waals surface area contributed by atoms with Crippen molar-refractivity contribution < 1.29 is 9.47 Å². The minimum absolute atomic E-state index is 0.210. The van der Waals surface area contributed by atoms with E-state index in [0.29, 0.717) is 0 Å². The van der Waals surface area contributed by atoms with Crippen LogP contribution in [0.4, 0.5) is 0 Å². The van der Waals surface area contributed by atoms with Gasteiger partial charge in [0.05, 0.1) is 18.8 Å². The van der Waals surface area contributed by atoms with Gasteiger partial charge in [-0.1, -0.05) is 38.8 Å². The molecule has 0 heterocycles. The van der Waals surface area contributed by atoms with Crippen molar-refractivity contribution in [3.05, 3.63) is 29.8 Å². The van der Waals surface area contributed by atoms with Gasteiger partial charge in [0, 0.05) is 6.61 Å². The Kier molecular flexibility index (Phi) is 9.11. The molecular formula is C18H31NO2. The van der Waals surface area contributed by atoms with E-state index >= 15 is 0 Å². The maximum atomic E-state index is 5.81. The largest absolute Gasteiger partial charge is 0.491 e. The summed E-state index contributed by atoms with van der Waals surface area (Å²) in [5.41, 5.74) is 1.25. The highest BCUT2D eigenvalue weighted by Crippen LogP contribution is 2.19. The fourth-order valence-corrected chi connectivity index (χ4v) is 2.23. The van der Waals surface area contributed by atoms with Gasteiger partial charge in [-0.2, -0.15) is 0 Å². The van der Waals surface area contributed by atoms with Crippen molar-refractivity contribution in [3.8, 4) is 5.75 Å². The summed E-state index contributed by atoms with van der Waals surface area (Å²) >= 11 is 0. The Balaban J connectivity index is 2.50. The number of unbranched alkanes of at least 4 members (excludes halogenated alkanes) is 2. The Labute approximate surface area is 130 Å². The predicted molar refractivity (Wildman–Crippen MR) is 89.0 cm³/mol. The molecule has 0 spiro atoms. The van der Waals surface area contributed by atoms with E-state index in [1.54, 1.807) is 0 Å². The molecule has 1 N–H and O–H groups in total. The number of nitrogens with one attached hydrogen (secondary N) is 1. The number of likely N-dealkylation sites (N-methyl/N-ethyl adjacent to an activating group) is 1. The number of ether oxygens (including phenoxy) is 2. The Bertz CT molecular complexity index is 362. The molecule has 0 bridgehead atoms. The van der Waals surface area contributed by atoms with E-state index in [0.717, 1.165) is 31.9 Å². The van der Waals surface area contributed by atoms with Crippen LogP contribution in [0.25, 0.3) is 0 Å². The first-order valence-corrected chi connectivity index (χ1v) is 8.25. The second-order valence-electron chi connectivity index (χ2n) is 5.63. The Hall–Kier alpha value is -1.06. The minimum atomic E-state index is 0.210. The van der Waals surface area contributed by atoms with E-state index < -0.39 is 0 Å². The maximum Gasteiger partial charge on any atom is 0.119 e. The van der Waals surface area contributed by atoms with Crippen molar-refractivity contribution in [2.24, 2.45) is 0 Å². The summed E-state index contributed by atoms with van der Waals surface area (Å²) in [6.45, 7) is 10.9. The molecule has 0 aliphatic carbocycles. The molecule has 1 aromatic rings. The van der Waals surface area contributed by atoms with Crippen molar-refractivity contribution >= 4 is 0 Å². The van der Waals surface area contributed by atoms with Gasteiger partial charge in [-0.25, -0.2) is 0 Å². The van der Waals surface area contributed by atoms with Crippen molar-refractivity contribution in [2.75, 3.05) is 19.8 Å². The summed E-state index contributed by atoms with van der Waals surface area (Å²) in [6, 6.07) is 8.58. The van der Waals surface area contributed by atoms with E-state index in [2.05, 4.69) is 31.3 Å². The van der Waals surface area contributed by atoms with Crippen LogP contribution in [-0.4, -0.2) is 25.9 Å². The normalized spacial score (nSPS) is 12.6. The quantitative estimate of drug-likeness (QED) is 0.616. The van der Waals surface area contributed by atoms with Gasteiger partial charge in [0.1, 0.15) is 5.75 Å². The lowest BCUT2D eigenvalue weighted by molar-refractivity contribution is 0.108. The number of hydrogen-bond acceptors (Lipinski definition) is 3. The Morgan fingerprint density at radius 1 is 1.05 bits per heavy atom. The highest BCUT2D eigenvalue weighted by Gasteiger charge is 2.10. The summed E-state index contributed by atoms with van der Waals surface area (Å²) in [5.74, 6) is 0.924. The third kappa shape index (κ3) is 7.49. The second-order valence-corrected chi connectivity index (χ2v) is 5.63. The van der Waals surface area contributed by atoms with Gasteiger partial charge in [-0.05, 0) is 44.5 Å². The lowest BCUT2D eigenvalue weighted by atomic mass is 10.1. The van der Waals surface area contributed by atoms with Crippen LogP contribution in [0.2, 0.25) is 0 Å². The molecule has 3 nitrogen and oxygen atoms in total. The van der Waals surface area contributed by atoms with E-state index in [1.807, 2.05) is 26.0 Å². The molecule has 0 aromatic heterocycles. The highest BCUT2D eigenvalue weighted by atomic mass is 16.5. The van der Waals surface area contributed by atoms with Crippen LogP contribution >= 0.6 is 0 Å². The summed E-state index contributed by atoms with van der Waals surface area (Å²) in [5, 5.41) is 3.48. The topological polar surface area (TPSA) is 30.5 Å². The molecule has 1 rings (SSSR count). The summed E-state index contributed by atoms with van der Waals surface area (Å²) < 4.78 is 11.5. The summed E-state index contributed by atoms with van der Waals surface area (Å²) in [7, 11) is 0. The van der Waals surface area contributed by atoms with Crippen LogP contribution in [0.1, 0.15) is 58.6 Å². The van der Waals surface area contributed by atoms with Crippen LogP contribution in [0.5, 0.6) is 5.75 Å². The average Bonchev–Trinajstić information content (AvgIpc) is 2.46. The molecule has 0 fully saturated rings. The van der Waals surface area contributed by atoms with Gasteiger partial charge in [0.15, 0.2) is 0 Å². The van der Waals surface area contributed by atoms with Crippen LogP contribution in [0.15, 0.2) is 24.3 Å². The molecular weight excluding hydrogens is 262 g/mol. The van der Waals surface area contributed by atoms with Crippen LogP contribution in [-0.2, 0) is 4.74 Å². The molecule has 120 valence electrons. The fraction of sp³-hybridized carbons (Fsp3) is 0.667.